The predicted octanol–water partition coefficient (Wildman–Crippen LogP) is 2.02. The van der Waals surface area contributed by atoms with Crippen LogP contribution >= 0.6 is 0 Å². The van der Waals surface area contributed by atoms with Crippen LogP contribution in [-0.4, -0.2) is 65.1 Å². The Bertz CT molecular complexity index is 926. The van der Waals surface area contributed by atoms with Crippen molar-refractivity contribution in [1.82, 2.24) is 4.90 Å². The highest BCUT2D eigenvalue weighted by Gasteiger charge is 2.65. The number of ether oxygens (including phenoxy) is 4. The van der Waals surface area contributed by atoms with Crippen LogP contribution in [0.1, 0.15) is 40.2 Å². The lowest BCUT2D eigenvalue weighted by Gasteiger charge is -2.47. The van der Waals surface area contributed by atoms with E-state index < -0.39 is 72.3 Å². The highest BCUT2D eigenvalue weighted by molar-refractivity contribution is 5.93. The van der Waals surface area contributed by atoms with Gasteiger partial charge < -0.3 is 29.0 Å². The van der Waals surface area contributed by atoms with Crippen molar-refractivity contribution in [2.24, 2.45) is 17.3 Å². The summed E-state index contributed by atoms with van der Waals surface area (Å²) < 4.78 is 20.4. The molecule has 2 saturated heterocycles. The number of amides is 1. The summed E-state index contributed by atoms with van der Waals surface area (Å²) in [5.41, 5.74) is 0.0282. The second-order valence-corrected chi connectivity index (χ2v) is 9.67. The summed E-state index contributed by atoms with van der Waals surface area (Å²) >= 11 is 0. The number of aliphatic hydroxyl groups is 1. The SMILES string of the molecule is CC1C(O)[C@@H]2[C@@H](C(C)OC(=O)OCc3ccccc3)C(=O)N2C1C(=O)OCOC(=O)C(C)(C)C. The minimum atomic E-state index is -1.03. The molecule has 0 bridgehead atoms. The molecule has 0 saturated carbocycles. The zero-order valence-corrected chi connectivity index (χ0v) is 19.9. The molecule has 2 aliphatic rings. The Kier molecular flexibility index (Phi) is 7.50. The molecule has 34 heavy (non-hydrogen) atoms. The smallest absolute Gasteiger partial charge is 0.430 e. The summed E-state index contributed by atoms with van der Waals surface area (Å²) in [7, 11) is 0. The van der Waals surface area contributed by atoms with Crippen LogP contribution in [0.25, 0.3) is 0 Å². The molecule has 2 heterocycles. The van der Waals surface area contributed by atoms with Gasteiger partial charge in [-0.05, 0) is 33.3 Å². The highest BCUT2D eigenvalue weighted by Crippen LogP contribution is 2.45. The summed E-state index contributed by atoms with van der Waals surface area (Å²) in [6.45, 7) is 7.59. The second kappa shape index (κ2) is 10.0. The first kappa shape index (κ1) is 25.5. The Balaban J connectivity index is 1.55. The average molecular weight is 478 g/mol. The van der Waals surface area contributed by atoms with Crippen molar-refractivity contribution in [2.45, 2.75) is 65.5 Å². The molecule has 2 aliphatic heterocycles. The van der Waals surface area contributed by atoms with E-state index in [-0.39, 0.29) is 6.61 Å². The number of β-lactam (4-membered cyclic amide) rings is 1. The molecule has 0 spiro atoms. The fourth-order valence-corrected chi connectivity index (χ4v) is 4.23. The first-order chi connectivity index (χ1) is 15.9. The molecule has 1 amide bonds. The highest BCUT2D eigenvalue weighted by atomic mass is 16.7. The molecule has 4 unspecified atom stereocenters. The maximum atomic E-state index is 12.9. The summed E-state index contributed by atoms with van der Waals surface area (Å²) in [5.74, 6) is -3.20. The Morgan fingerprint density at radius 3 is 2.35 bits per heavy atom. The van der Waals surface area contributed by atoms with Crippen LogP contribution < -0.4 is 0 Å². The Morgan fingerprint density at radius 1 is 1.09 bits per heavy atom. The van der Waals surface area contributed by atoms with E-state index in [9.17, 15) is 24.3 Å². The number of fused-ring (bicyclic) bond motifs is 1. The lowest BCUT2D eigenvalue weighted by molar-refractivity contribution is -0.184. The van der Waals surface area contributed by atoms with Gasteiger partial charge in [-0.2, -0.15) is 0 Å². The van der Waals surface area contributed by atoms with Gasteiger partial charge in [0.25, 0.3) is 0 Å². The van der Waals surface area contributed by atoms with Gasteiger partial charge in [-0.25, -0.2) is 9.59 Å². The molecular weight excluding hydrogens is 446 g/mol. The molecule has 0 aromatic heterocycles. The minimum Gasteiger partial charge on any atom is -0.430 e. The van der Waals surface area contributed by atoms with Crippen molar-refractivity contribution < 1.29 is 43.2 Å². The molecule has 10 nitrogen and oxygen atoms in total. The fraction of sp³-hybridized carbons (Fsp3) is 0.583. The van der Waals surface area contributed by atoms with E-state index >= 15 is 0 Å². The average Bonchev–Trinajstić information content (AvgIpc) is 2.99. The van der Waals surface area contributed by atoms with Gasteiger partial charge in [0.05, 0.1) is 23.5 Å². The number of esters is 2. The Morgan fingerprint density at radius 2 is 1.74 bits per heavy atom. The number of carbonyl (C=O) groups excluding carboxylic acids is 4. The van der Waals surface area contributed by atoms with Crippen molar-refractivity contribution in [3.63, 3.8) is 0 Å². The van der Waals surface area contributed by atoms with Crippen LogP contribution in [0.2, 0.25) is 0 Å². The van der Waals surface area contributed by atoms with Crippen LogP contribution in [0.3, 0.4) is 0 Å². The normalized spacial score (nSPS) is 26.7. The van der Waals surface area contributed by atoms with Crippen LogP contribution in [0.4, 0.5) is 4.79 Å². The zero-order chi connectivity index (χ0) is 25.2. The van der Waals surface area contributed by atoms with Gasteiger partial charge in [-0.1, -0.05) is 37.3 Å². The molecule has 3 rings (SSSR count). The molecule has 1 aromatic carbocycles. The van der Waals surface area contributed by atoms with Gasteiger partial charge in [0.15, 0.2) is 0 Å². The third kappa shape index (κ3) is 5.16. The predicted molar refractivity (Wildman–Crippen MR) is 117 cm³/mol. The van der Waals surface area contributed by atoms with Crippen molar-refractivity contribution in [3.05, 3.63) is 35.9 Å². The summed E-state index contributed by atoms with van der Waals surface area (Å²) in [5, 5.41) is 10.7. The number of hydrogen-bond donors (Lipinski definition) is 1. The fourth-order valence-electron chi connectivity index (χ4n) is 4.23. The van der Waals surface area contributed by atoms with E-state index in [4.69, 9.17) is 18.9 Å². The summed E-state index contributed by atoms with van der Waals surface area (Å²) in [4.78, 5) is 50.6. The maximum Gasteiger partial charge on any atom is 0.508 e. The van der Waals surface area contributed by atoms with Gasteiger partial charge in [0, 0.05) is 5.92 Å². The molecule has 0 aliphatic carbocycles. The maximum absolute atomic E-state index is 12.9. The van der Waals surface area contributed by atoms with Crippen molar-refractivity contribution in [2.75, 3.05) is 6.79 Å². The van der Waals surface area contributed by atoms with Gasteiger partial charge in [-0.3, -0.25) is 9.59 Å². The number of nitrogens with zero attached hydrogens (tertiary/aromatic N) is 1. The number of hydrogen-bond acceptors (Lipinski definition) is 9. The molecule has 6 atom stereocenters. The number of benzene rings is 1. The lowest BCUT2D eigenvalue weighted by Crippen LogP contribution is -2.67. The molecule has 0 radical (unpaired) electrons. The zero-order valence-electron chi connectivity index (χ0n) is 19.9. The van der Waals surface area contributed by atoms with Crippen LogP contribution in [0, 0.1) is 17.3 Å². The summed E-state index contributed by atoms with van der Waals surface area (Å²) in [6.07, 6.45) is -2.83. The van der Waals surface area contributed by atoms with E-state index in [1.807, 2.05) is 18.2 Å². The largest absolute Gasteiger partial charge is 0.508 e. The van der Waals surface area contributed by atoms with Crippen molar-refractivity contribution >= 4 is 24.0 Å². The quantitative estimate of drug-likeness (QED) is 0.356. The van der Waals surface area contributed by atoms with E-state index in [1.54, 1.807) is 46.8 Å². The third-order valence-electron chi connectivity index (χ3n) is 6.15. The molecule has 186 valence electrons. The lowest BCUT2D eigenvalue weighted by atomic mass is 9.82. The Labute approximate surface area is 198 Å². The molecule has 10 heteroatoms. The number of rotatable bonds is 7. The standard InChI is InChI=1S/C24H31NO9/c1-13-17(21(28)32-12-33-22(29)24(3,4)5)25-18(19(13)26)16(20(25)27)14(2)34-23(30)31-11-15-9-7-6-8-10-15/h6-10,13-14,16-19,26H,11-12H2,1-5H3/t13?,14?,16-,17?,18+,19?/m1/s1. The topological polar surface area (TPSA) is 129 Å². The van der Waals surface area contributed by atoms with Crippen LogP contribution in [0.5, 0.6) is 0 Å². The number of aliphatic hydroxyl groups excluding tert-OH is 1. The van der Waals surface area contributed by atoms with E-state index in [2.05, 4.69) is 0 Å². The van der Waals surface area contributed by atoms with E-state index in [1.165, 1.54) is 4.90 Å². The van der Waals surface area contributed by atoms with E-state index in [0.717, 1.165) is 5.56 Å². The minimum absolute atomic E-state index is 0.0217. The van der Waals surface area contributed by atoms with E-state index in [0.29, 0.717) is 0 Å². The van der Waals surface area contributed by atoms with Gasteiger partial charge in [0.2, 0.25) is 12.7 Å². The summed E-state index contributed by atoms with van der Waals surface area (Å²) in [6, 6.07) is 7.31. The molecule has 1 aromatic rings. The number of carbonyl (C=O) groups is 4. The first-order valence-electron chi connectivity index (χ1n) is 11.1. The van der Waals surface area contributed by atoms with Crippen molar-refractivity contribution in [1.29, 1.82) is 0 Å². The first-order valence-corrected chi connectivity index (χ1v) is 11.1. The molecular formula is C24H31NO9. The molecule has 1 N–H and O–H groups in total. The van der Waals surface area contributed by atoms with Crippen molar-refractivity contribution in [3.8, 4) is 0 Å². The monoisotopic (exact) mass is 477 g/mol. The van der Waals surface area contributed by atoms with Gasteiger partial charge in [-0.15, -0.1) is 0 Å². The van der Waals surface area contributed by atoms with Gasteiger partial charge in [0.1, 0.15) is 18.8 Å². The van der Waals surface area contributed by atoms with Gasteiger partial charge >= 0.3 is 18.1 Å². The van der Waals surface area contributed by atoms with Crippen LogP contribution in [-0.2, 0) is 39.9 Å². The molecule has 2 fully saturated rings. The third-order valence-corrected chi connectivity index (χ3v) is 6.15. The second-order valence-electron chi connectivity index (χ2n) is 9.67. The Hall–Kier alpha value is -3.14. The van der Waals surface area contributed by atoms with Crippen LogP contribution in [0.15, 0.2) is 30.3 Å².